The lowest BCUT2D eigenvalue weighted by Gasteiger charge is -2.33. The number of nitrogens with zero attached hydrogens (tertiary/aromatic N) is 4. The van der Waals surface area contributed by atoms with Crippen LogP contribution in [0.3, 0.4) is 0 Å². The van der Waals surface area contributed by atoms with E-state index in [9.17, 15) is 19.2 Å². The predicted molar refractivity (Wildman–Crippen MR) is 178 cm³/mol. The predicted octanol–water partition coefficient (Wildman–Crippen LogP) is 1.24. The second-order valence-corrected chi connectivity index (χ2v) is 11.0. The number of piperazine rings is 2. The van der Waals surface area contributed by atoms with E-state index in [4.69, 9.17) is 20.9 Å². The molecule has 254 valence electrons. The Balaban J connectivity index is 1.04. The summed E-state index contributed by atoms with van der Waals surface area (Å²) in [6, 6.07) is 15.1. The van der Waals surface area contributed by atoms with E-state index >= 15 is 0 Å². The molecule has 0 saturated carbocycles. The summed E-state index contributed by atoms with van der Waals surface area (Å²) in [6.45, 7) is 4.31. The Hall–Kier alpha value is -5.44. The van der Waals surface area contributed by atoms with E-state index in [1.807, 2.05) is 48.5 Å². The van der Waals surface area contributed by atoms with Gasteiger partial charge in [0.05, 0.1) is 0 Å². The number of carbonyl (C=O) groups is 4. The quantitative estimate of drug-likeness (QED) is 0.307. The largest absolute Gasteiger partial charge is 0.436 e. The SMILES string of the molecule is NCc1cccc(CNC(=O)N2CCN(C(=O)OCC#CC#CCOC(=O)N3CCN(C(=O)NCc4cccc(CN)c4)CC3)CC2)c1. The van der Waals surface area contributed by atoms with Crippen LogP contribution in [0.5, 0.6) is 0 Å². The van der Waals surface area contributed by atoms with Gasteiger partial charge in [-0.05, 0) is 45.9 Å². The van der Waals surface area contributed by atoms with Crippen molar-refractivity contribution in [3.05, 3.63) is 70.8 Å². The average Bonchev–Trinajstić information content (AvgIpc) is 3.14. The molecule has 2 aromatic carbocycles. The first-order chi connectivity index (χ1) is 23.4. The van der Waals surface area contributed by atoms with Crippen LogP contribution in [0.4, 0.5) is 19.2 Å². The van der Waals surface area contributed by atoms with E-state index in [0.717, 1.165) is 22.3 Å². The Kier molecular flexibility index (Phi) is 13.8. The highest BCUT2D eigenvalue weighted by atomic mass is 16.6. The van der Waals surface area contributed by atoms with Gasteiger partial charge in [-0.2, -0.15) is 0 Å². The van der Waals surface area contributed by atoms with E-state index in [1.54, 1.807) is 9.80 Å². The number of urea groups is 2. The molecule has 6 N–H and O–H groups in total. The lowest BCUT2D eigenvalue weighted by atomic mass is 10.1. The van der Waals surface area contributed by atoms with E-state index in [2.05, 4.69) is 34.3 Å². The van der Waals surface area contributed by atoms with Crippen molar-refractivity contribution in [3.63, 3.8) is 0 Å². The molecule has 0 radical (unpaired) electrons. The molecule has 14 heteroatoms. The number of benzene rings is 2. The van der Waals surface area contributed by atoms with Gasteiger partial charge in [-0.25, -0.2) is 19.2 Å². The first-order valence-corrected chi connectivity index (χ1v) is 15.8. The van der Waals surface area contributed by atoms with Gasteiger partial charge in [0, 0.05) is 78.5 Å². The smallest absolute Gasteiger partial charge is 0.410 e. The summed E-state index contributed by atoms with van der Waals surface area (Å²) in [5.41, 5.74) is 15.3. The normalized spacial score (nSPS) is 14.1. The lowest BCUT2D eigenvalue weighted by molar-refractivity contribution is 0.0897. The molecule has 0 aliphatic carbocycles. The summed E-state index contributed by atoms with van der Waals surface area (Å²) in [5.74, 6) is 10.4. The first kappa shape index (κ1) is 35.4. The highest BCUT2D eigenvalue weighted by molar-refractivity contribution is 5.75. The van der Waals surface area contributed by atoms with Gasteiger partial charge in [-0.3, -0.25) is 0 Å². The average molecular weight is 659 g/mol. The fourth-order valence-electron chi connectivity index (χ4n) is 5.04. The van der Waals surface area contributed by atoms with Gasteiger partial charge >= 0.3 is 24.2 Å². The summed E-state index contributed by atoms with van der Waals surface area (Å²) in [5, 5.41) is 5.80. The third-order valence-electron chi connectivity index (χ3n) is 7.77. The molecule has 2 aromatic rings. The summed E-state index contributed by atoms with van der Waals surface area (Å²) in [6.07, 6.45) is -1.03. The van der Waals surface area contributed by atoms with Crippen LogP contribution in [0.25, 0.3) is 0 Å². The number of nitrogens with one attached hydrogen (secondary N) is 2. The van der Waals surface area contributed by atoms with Crippen LogP contribution in [-0.4, -0.2) is 109 Å². The minimum atomic E-state index is -0.514. The third-order valence-corrected chi connectivity index (χ3v) is 7.77. The van der Waals surface area contributed by atoms with Crippen LogP contribution in [-0.2, 0) is 35.7 Å². The van der Waals surface area contributed by atoms with Gasteiger partial charge in [0.1, 0.15) is 0 Å². The summed E-state index contributed by atoms with van der Waals surface area (Å²) >= 11 is 0. The highest BCUT2D eigenvalue weighted by Crippen LogP contribution is 2.09. The number of carbonyl (C=O) groups excluding carboxylic acids is 4. The van der Waals surface area contributed by atoms with Gasteiger partial charge in [0.2, 0.25) is 0 Å². The molecule has 2 heterocycles. The maximum Gasteiger partial charge on any atom is 0.410 e. The van der Waals surface area contributed by atoms with Crippen LogP contribution >= 0.6 is 0 Å². The molecule has 0 bridgehead atoms. The molecule has 0 spiro atoms. The van der Waals surface area contributed by atoms with Crippen molar-refractivity contribution >= 4 is 24.2 Å². The number of amides is 6. The van der Waals surface area contributed by atoms with Crippen LogP contribution in [0.2, 0.25) is 0 Å². The Morgan fingerprint density at radius 1 is 0.583 bits per heavy atom. The Labute approximate surface area is 280 Å². The number of ether oxygens (including phenoxy) is 2. The Morgan fingerprint density at radius 3 is 1.31 bits per heavy atom. The monoisotopic (exact) mass is 658 g/mol. The molecule has 2 aliphatic heterocycles. The molecule has 2 fully saturated rings. The fourth-order valence-corrected chi connectivity index (χ4v) is 5.04. The maximum absolute atomic E-state index is 12.5. The fraction of sp³-hybridized carbons (Fsp3) is 0.412. The molecular formula is C34H42N8O6. The summed E-state index contributed by atoms with van der Waals surface area (Å²) in [4.78, 5) is 56.1. The minimum absolute atomic E-state index is 0.145. The van der Waals surface area contributed by atoms with Crippen molar-refractivity contribution in [2.75, 3.05) is 65.6 Å². The zero-order chi connectivity index (χ0) is 34.1. The second-order valence-electron chi connectivity index (χ2n) is 11.0. The molecule has 2 saturated heterocycles. The third kappa shape index (κ3) is 11.1. The molecule has 14 nitrogen and oxygen atoms in total. The number of rotatable bonds is 8. The topological polar surface area (TPSA) is 176 Å². The van der Waals surface area contributed by atoms with E-state index in [-0.39, 0.29) is 25.3 Å². The number of hydrogen-bond donors (Lipinski definition) is 4. The molecule has 4 rings (SSSR count). The summed E-state index contributed by atoms with van der Waals surface area (Å²) < 4.78 is 10.4. The van der Waals surface area contributed by atoms with Crippen LogP contribution < -0.4 is 22.1 Å². The lowest BCUT2D eigenvalue weighted by Crippen LogP contribution is -2.53. The summed E-state index contributed by atoms with van der Waals surface area (Å²) in [7, 11) is 0. The molecule has 48 heavy (non-hydrogen) atoms. The molecule has 0 unspecified atom stereocenters. The van der Waals surface area contributed by atoms with E-state index in [0.29, 0.717) is 78.5 Å². The molecule has 0 atom stereocenters. The second kappa shape index (κ2) is 18.6. The zero-order valence-electron chi connectivity index (χ0n) is 26.9. The van der Waals surface area contributed by atoms with Gasteiger partial charge in [0.15, 0.2) is 13.2 Å². The van der Waals surface area contributed by atoms with Crippen molar-refractivity contribution in [2.24, 2.45) is 11.5 Å². The van der Waals surface area contributed by atoms with Crippen molar-refractivity contribution in [1.29, 1.82) is 0 Å². The van der Waals surface area contributed by atoms with E-state index < -0.39 is 12.2 Å². The standard InChI is InChI=1S/C34H42N8O6/c35-23-27-7-5-9-29(21-27)25-37-31(43)39-11-15-41(16-12-39)33(45)47-19-3-1-2-4-20-48-34(46)42-17-13-40(14-18-42)32(44)38-26-30-10-6-8-28(22-30)24-36/h5-10,21-22H,11-20,23-26,35-36H2,(H,37,43)(H,38,44). The molecular weight excluding hydrogens is 616 g/mol. The van der Waals surface area contributed by atoms with Gasteiger partial charge in [-0.1, -0.05) is 48.5 Å². The van der Waals surface area contributed by atoms with Crippen molar-refractivity contribution < 1.29 is 28.7 Å². The molecule has 6 amide bonds. The van der Waals surface area contributed by atoms with Crippen molar-refractivity contribution in [2.45, 2.75) is 26.2 Å². The molecule has 2 aliphatic rings. The van der Waals surface area contributed by atoms with Crippen LogP contribution in [0.15, 0.2) is 48.5 Å². The maximum atomic E-state index is 12.5. The highest BCUT2D eigenvalue weighted by Gasteiger charge is 2.26. The zero-order valence-corrected chi connectivity index (χ0v) is 26.9. The first-order valence-electron chi connectivity index (χ1n) is 15.8. The van der Waals surface area contributed by atoms with E-state index in [1.165, 1.54) is 9.80 Å². The number of nitrogens with two attached hydrogens (primary N) is 2. The molecule has 0 aromatic heterocycles. The van der Waals surface area contributed by atoms with Gasteiger partial charge in [0.25, 0.3) is 0 Å². The van der Waals surface area contributed by atoms with Crippen LogP contribution in [0.1, 0.15) is 22.3 Å². The van der Waals surface area contributed by atoms with Gasteiger partial charge < -0.3 is 51.2 Å². The Bertz CT molecular complexity index is 1430. The minimum Gasteiger partial charge on any atom is -0.436 e. The Morgan fingerprint density at radius 2 is 0.938 bits per heavy atom. The van der Waals surface area contributed by atoms with Gasteiger partial charge in [-0.15, -0.1) is 0 Å². The van der Waals surface area contributed by atoms with Crippen LogP contribution in [0, 0.1) is 23.7 Å². The van der Waals surface area contributed by atoms with Crippen molar-refractivity contribution in [3.8, 4) is 23.7 Å². The van der Waals surface area contributed by atoms with Crippen molar-refractivity contribution in [1.82, 2.24) is 30.2 Å². The number of hydrogen-bond acceptors (Lipinski definition) is 8.